The molecule has 2 aromatic heterocycles. The third-order valence-corrected chi connectivity index (χ3v) is 5.58. The van der Waals surface area contributed by atoms with Crippen LogP contribution < -0.4 is 10.1 Å². The molecule has 0 atom stereocenters. The summed E-state index contributed by atoms with van der Waals surface area (Å²) in [6.45, 7) is 6.43. The van der Waals surface area contributed by atoms with Gasteiger partial charge >= 0.3 is 0 Å². The number of pyridine rings is 1. The van der Waals surface area contributed by atoms with Crippen molar-refractivity contribution in [3.05, 3.63) is 101 Å². The van der Waals surface area contributed by atoms with E-state index in [4.69, 9.17) is 9.84 Å². The van der Waals surface area contributed by atoms with Crippen molar-refractivity contribution in [2.45, 2.75) is 40.2 Å². The lowest BCUT2D eigenvalue weighted by molar-refractivity contribution is -0.121. The number of amides is 1. The third kappa shape index (κ3) is 5.29. The first-order chi connectivity index (χ1) is 16.0. The number of hydrogen-bond acceptors (Lipinski definition) is 4. The van der Waals surface area contributed by atoms with E-state index in [1.165, 1.54) is 0 Å². The summed E-state index contributed by atoms with van der Waals surface area (Å²) in [5, 5.41) is 7.73. The van der Waals surface area contributed by atoms with E-state index in [9.17, 15) is 4.79 Å². The van der Waals surface area contributed by atoms with Crippen LogP contribution in [0.3, 0.4) is 0 Å². The highest BCUT2D eigenvalue weighted by atomic mass is 16.5. The second kappa shape index (κ2) is 10.1. The van der Waals surface area contributed by atoms with Gasteiger partial charge in [-0.15, -0.1) is 0 Å². The van der Waals surface area contributed by atoms with Crippen molar-refractivity contribution < 1.29 is 9.53 Å². The summed E-state index contributed by atoms with van der Waals surface area (Å²) < 4.78 is 8.27. The highest BCUT2D eigenvalue weighted by molar-refractivity contribution is 5.76. The van der Waals surface area contributed by atoms with E-state index in [-0.39, 0.29) is 5.91 Å². The predicted molar refractivity (Wildman–Crippen MR) is 129 cm³/mol. The average molecular weight is 441 g/mol. The summed E-state index contributed by atoms with van der Waals surface area (Å²) in [4.78, 5) is 16.8. The number of rotatable bonds is 8. The van der Waals surface area contributed by atoms with Crippen molar-refractivity contribution in [3.63, 3.8) is 0 Å². The molecule has 33 heavy (non-hydrogen) atoms. The zero-order chi connectivity index (χ0) is 23.2. The number of hydrogen-bond donors (Lipinski definition) is 1. The van der Waals surface area contributed by atoms with E-state index in [1.807, 2.05) is 79.2 Å². The molecule has 2 heterocycles. The Morgan fingerprint density at radius 1 is 0.939 bits per heavy atom. The lowest BCUT2D eigenvalue weighted by atomic mass is 10.1. The topological polar surface area (TPSA) is 69.0 Å². The maximum atomic E-state index is 12.5. The van der Waals surface area contributed by atoms with Crippen LogP contribution in [-0.4, -0.2) is 20.7 Å². The molecule has 0 aliphatic carbocycles. The molecule has 168 valence electrons. The first-order valence-corrected chi connectivity index (χ1v) is 11.1. The molecular weight excluding hydrogens is 412 g/mol. The fourth-order valence-electron chi connectivity index (χ4n) is 3.69. The lowest BCUT2D eigenvalue weighted by Gasteiger charge is -2.14. The van der Waals surface area contributed by atoms with Crippen molar-refractivity contribution in [1.82, 2.24) is 20.1 Å². The Bertz CT molecular complexity index is 1250. The molecule has 6 nitrogen and oxygen atoms in total. The summed E-state index contributed by atoms with van der Waals surface area (Å²) in [5.41, 5.74) is 5.68. The van der Waals surface area contributed by atoms with Gasteiger partial charge in [-0.3, -0.25) is 9.78 Å². The van der Waals surface area contributed by atoms with Gasteiger partial charge in [0.2, 0.25) is 11.8 Å². The molecule has 0 aliphatic heterocycles. The monoisotopic (exact) mass is 440 g/mol. The Hall–Kier alpha value is -3.93. The molecule has 0 saturated carbocycles. The quantitative estimate of drug-likeness (QED) is 0.407. The average Bonchev–Trinajstić information content (AvgIpc) is 3.13. The standard InChI is InChI=1S/C27H28N4O2/c1-19-10-4-6-13-24(19)31-27(33-25-14-7-5-11-20(25)2)23(21(3)30-31)15-16-26(32)29-18-22-12-8-9-17-28-22/h4-14,17H,15-16,18H2,1-3H3,(H,29,32). The highest BCUT2D eigenvalue weighted by Crippen LogP contribution is 2.33. The molecule has 4 aromatic rings. The van der Waals surface area contributed by atoms with Crippen LogP contribution in [0.1, 0.15) is 34.5 Å². The van der Waals surface area contributed by atoms with Crippen LogP contribution in [0.15, 0.2) is 72.9 Å². The lowest BCUT2D eigenvalue weighted by Crippen LogP contribution is -2.23. The number of benzene rings is 2. The largest absolute Gasteiger partial charge is 0.438 e. The second-order valence-corrected chi connectivity index (χ2v) is 8.03. The Morgan fingerprint density at radius 2 is 1.67 bits per heavy atom. The fraction of sp³-hybridized carbons (Fsp3) is 0.222. The minimum Gasteiger partial charge on any atom is -0.438 e. The predicted octanol–water partition coefficient (Wildman–Crippen LogP) is 5.23. The van der Waals surface area contributed by atoms with Gasteiger partial charge in [-0.25, -0.2) is 0 Å². The molecule has 6 heteroatoms. The number of para-hydroxylation sites is 2. The van der Waals surface area contributed by atoms with Crippen LogP contribution in [-0.2, 0) is 17.8 Å². The molecule has 0 aliphatic rings. The van der Waals surface area contributed by atoms with Crippen LogP contribution >= 0.6 is 0 Å². The van der Waals surface area contributed by atoms with E-state index in [1.54, 1.807) is 6.20 Å². The van der Waals surface area contributed by atoms with Gasteiger partial charge in [0.25, 0.3) is 0 Å². The van der Waals surface area contributed by atoms with Crippen LogP contribution in [0.25, 0.3) is 5.69 Å². The van der Waals surface area contributed by atoms with Gasteiger partial charge < -0.3 is 10.1 Å². The van der Waals surface area contributed by atoms with Crippen LogP contribution in [0.5, 0.6) is 11.6 Å². The smallest absolute Gasteiger partial charge is 0.226 e. The molecule has 0 spiro atoms. The number of carbonyl (C=O) groups is 1. The number of ether oxygens (including phenoxy) is 1. The molecule has 0 bridgehead atoms. The molecule has 1 N–H and O–H groups in total. The van der Waals surface area contributed by atoms with Crippen LogP contribution in [0.4, 0.5) is 0 Å². The van der Waals surface area contributed by atoms with Gasteiger partial charge in [0.1, 0.15) is 5.75 Å². The van der Waals surface area contributed by atoms with Crippen molar-refractivity contribution >= 4 is 5.91 Å². The zero-order valence-corrected chi connectivity index (χ0v) is 19.2. The summed E-state index contributed by atoms with van der Waals surface area (Å²) in [7, 11) is 0. The van der Waals surface area contributed by atoms with E-state index < -0.39 is 0 Å². The Labute approximate surface area is 194 Å². The molecule has 2 aromatic carbocycles. The first-order valence-electron chi connectivity index (χ1n) is 11.1. The Balaban J connectivity index is 1.59. The molecule has 1 amide bonds. The third-order valence-electron chi connectivity index (χ3n) is 5.58. The first kappa shape index (κ1) is 22.3. The molecule has 0 fully saturated rings. The van der Waals surface area contributed by atoms with Crippen LogP contribution in [0, 0.1) is 20.8 Å². The number of aromatic nitrogens is 3. The van der Waals surface area contributed by atoms with Gasteiger partial charge in [-0.05, 0) is 62.6 Å². The van der Waals surface area contributed by atoms with E-state index in [2.05, 4.69) is 23.3 Å². The summed E-state index contributed by atoms with van der Waals surface area (Å²) >= 11 is 0. The van der Waals surface area contributed by atoms with Crippen molar-refractivity contribution in [3.8, 4) is 17.3 Å². The van der Waals surface area contributed by atoms with Gasteiger partial charge in [0, 0.05) is 18.2 Å². The zero-order valence-electron chi connectivity index (χ0n) is 19.2. The van der Waals surface area contributed by atoms with Crippen molar-refractivity contribution in [1.29, 1.82) is 0 Å². The Morgan fingerprint density at radius 3 is 2.39 bits per heavy atom. The minimum atomic E-state index is -0.0365. The number of carbonyl (C=O) groups excluding carboxylic acids is 1. The summed E-state index contributed by atoms with van der Waals surface area (Å²) in [6.07, 6.45) is 2.57. The van der Waals surface area contributed by atoms with Gasteiger partial charge in [0.15, 0.2) is 0 Å². The number of aryl methyl sites for hydroxylation is 3. The second-order valence-electron chi connectivity index (χ2n) is 8.03. The number of nitrogens with one attached hydrogen (secondary N) is 1. The summed E-state index contributed by atoms with van der Waals surface area (Å²) in [6, 6.07) is 21.6. The van der Waals surface area contributed by atoms with Crippen LogP contribution in [0.2, 0.25) is 0 Å². The maximum Gasteiger partial charge on any atom is 0.226 e. The molecule has 0 saturated heterocycles. The number of nitrogens with zero attached hydrogens (tertiary/aromatic N) is 3. The Kier molecular flexibility index (Phi) is 6.83. The maximum absolute atomic E-state index is 12.5. The van der Waals surface area contributed by atoms with E-state index in [0.717, 1.165) is 39.5 Å². The van der Waals surface area contributed by atoms with E-state index >= 15 is 0 Å². The van der Waals surface area contributed by atoms with Gasteiger partial charge in [0.05, 0.1) is 23.6 Å². The van der Waals surface area contributed by atoms with Gasteiger partial charge in [-0.1, -0.05) is 42.5 Å². The molecule has 4 rings (SSSR count). The normalized spacial score (nSPS) is 10.8. The molecular formula is C27H28N4O2. The molecule has 0 unspecified atom stereocenters. The SMILES string of the molecule is Cc1ccccc1Oc1c(CCC(=O)NCc2ccccn2)c(C)nn1-c1ccccc1C. The van der Waals surface area contributed by atoms with E-state index in [0.29, 0.717) is 25.3 Å². The van der Waals surface area contributed by atoms with Crippen molar-refractivity contribution in [2.75, 3.05) is 0 Å². The fourth-order valence-corrected chi connectivity index (χ4v) is 3.69. The molecule has 0 radical (unpaired) electrons. The minimum absolute atomic E-state index is 0.0365. The summed E-state index contributed by atoms with van der Waals surface area (Å²) in [5.74, 6) is 1.38. The van der Waals surface area contributed by atoms with Crippen molar-refractivity contribution in [2.24, 2.45) is 0 Å². The van der Waals surface area contributed by atoms with Gasteiger partial charge in [-0.2, -0.15) is 9.78 Å². The highest BCUT2D eigenvalue weighted by Gasteiger charge is 2.21.